The maximum atomic E-state index is 12.5. The van der Waals surface area contributed by atoms with Gasteiger partial charge in [-0.1, -0.05) is 19.3 Å². The number of nitrogens with zero attached hydrogens (tertiary/aromatic N) is 1. The Morgan fingerprint density at radius 3 is 2.50 bits per heavy atom. The van der Waals surface area contributed by atoms with Crippen LogP contribution in [0.1, 0.15) is 57.8 Å². The summed E-state index contributed by atoms with van der Waals surface area (Å²) < 4.78 is 27.6. The minimum Gasteiger partial charge on any atom is -0.326 e. The van der Waals surface area contributed by atoms with Crippen LogP contribution in [0.5, 0.6) is 0 Å². The van der Waals surface area contributed by atoms with Crippen LogP contribution < -0.4 is 10.0 Å². The SMILES string of the molecule is O=C(CC1CCCC1)Nc1ccc(S(=O)(=O)NC2=NCCCCC2)cc1. The molecule has 3 rings (SSSR count). The zero-order valence-corrected chi connectivity index (χ0v) is 15.9. The van der Waals surface area contributed by atoms with E-state index in [1.807, 2.05) is 0 Å². The van der Waals surface area contributed by atoms with Crippen molar-refractivity contribution >= 4 is 27.5 Å². The fourth-order valence-electron chi connectivity index (χ4n) is 3.58. The fraction of sp³-hybridized carbons (Fsp3) is 0.579. The number of anilines is 1. The Labute approximate surface area is 155 Å². The van der Waals surface area contributed by atoms with Crippen LogP contribution in [-0.2, 0) is 14.8 Å². The highest BCUT2D eigenvalue weighted by Crippen LogP contribution is 2.27. The molecule has 0 unspecified atom stereocenters. The van der Waals surface area contributed by atoms with Gasteiger partial charge in [-0.25, -0.2) is 8.42 Å². The van der Waals surface area contributed by atoms with E-state index < -0.39 is 10.0 Å². The number of benzene rings is 1. The van der Waals surface area contributed by atoms with Crippen molar-refractivity contribution in [2.24, 2.45) is 10.9 Å². The lowest BCUT2D eigenvalue weighted by Crippen LogP contribution is -2.30. The Balaban J connectivity index is 1.58. The molecule has 2 N–H and O–H groups in total. The number of amidine groups is 1. The Bertz CT molecular complexity index is 751. The third-order valence-electron chi connectivity index (χ3n) is 5.02. The summed E-state index contributed by atoms with van der Waals surface area (Å²) in [6, 6.07) is 6.31. The van der Waals surface area contributed by atoms with Gasteiger partial charge < -0.3 is 5.32 Å². The normalized spacial score (nSPS) is 18.8. The number of carbonyl (C=O) groups excluding carboxylic acids is 1. The van der Waals surface area contributed by atoms with Gasteiger partial charge in [-0.15, -0.1) is 0 Å². The molecule has 0 aromatic heterocycles. The first-order valence-electron chi connectivity index (χ1n) is 9.49. The lowest BCUT2D eigenvalue weighted by molar-refractivity contribution is -0.117. The molecule has 0 spiro atoms. The summed E-state index contributed by atoms with van der Waals surface area (Å²) in [4.78, 5) is 16.6. The quantitative estimate of drug-likeness (QED) is 0.824. The van der Waals surface area contributed by atoms with Crippen LogP contribution in [0, 0.1) is 5.92 Å². The second kappa shape index (κ2) is 8.66. The predicted molar refractivity (Wildman–Crippen MR) is 103 cm³/mol. The fourth-order valence-corrected chi connectivity index (χ4v) is 4.67. The largest absolute Gasteiger partial charge is 0.326 e. The van der Waals surface area contributed by atoms with Crippen LogP contribution in [-0.4, -0.2) is 26.7 Å². The van der Waals surface area contributed by atoms with Gasteiger partial charge in [0.15, 0.2) is 0 Å². The monoisotopic (exact) mass is 377 g/mol. The first-order chi connectivity index (χ1) is 12.5. The summed E-state index contributed by atoms with van der Waals surface area (Å²) in [5.41, 5.74) is 0.624. The molecule has 1 saturated carbocycles. The maximum absolute atomic E-state index is 12.5. The van der Waals surface area contributed by atoms with E-state index in [1.165, 1.54) is 25.0 Å². The van der Waals surface area contributed by atoms with Crippen molar-refractivity contribution in [2.45, 2.75) is 62.7 Å². The molecule has 1 amide bonds. The van der Waals surface area contributed by atoms with Crippen LogP contribution in [0.4, 0.5) is 5.69 Å². The van der Waals surface area contributed by atoms with E-state index in [-0.39, 0.29) is 10.8 Å². The zero-order chi connectivity index (χ0) is 18.4. The Kier molecular flexibility index (Phi) is 6.29. The Hall–Kier alpha value is -1.89. The van der Waals surface area contributed by atoms with Crippen molar-refractivity contribution < 1.29 is 13.2 Å². The molecule has 1 fully saturated rings. The van der Waals surface area contributed by atoms with E-state index in [9.17, 15) is 13.2 Å². The van der Waals surface area contributed by atoms with E-state index in [0.29, 0.717) is 36.8 Å². The molecule has 7 heteroatoms. The van der Waals surface area contributed by atoms with Gasteiger partial charge in [0.2, 0.25) is 5.91 Å². The molecule has 142 valence electrons. The molecule has 0 saturated heterocycles. The molecular weight excluding hydrogens is 350 g/mol. The molecule has 2 aliphatic rings. The van der Waals surface area contributed by atoms with Crippen LogP contribution in [0.3, 0.4) is 0 Å². The molecule has 1 aromatic rings. The second-order valence-corrected chi connectivity index (χ2v) is 8.85. The summed E-state index contributed by atoms with van der Waals surface area (Å²) in [5, 5.41) is 2.86. The highest BCUT2D eigenvalue weighted by Gasteiger charge is 2.19. The van der Waals surface area contributed by atoms with E-state index in [4.69, 9.17) is 0 Å². The first-order valence-corrected chi connectivity index (χ1v) is 11.0. The second-order valence-electron chi connectivity index (χ2n) is 7.17. The predicted octanol–water partition coefficient (Wildman–Crippen LogP) is 3.46. The van der Waals surface area contributed by atoms with Gasteiger partial charge in [-0.2, -0.15) is 0 Å². The molecule has 1 aliphatic heterocycles. The molecule has 0 atom stereocenters. The summed E-state index contributed by atoms with van der Waals surface area (Å²) >= 11 is 0. The Morgan fingerprint density at radius 1 is 1.04 bits per heavy atom. The highest BCUT2D eigenvalue weighted by atomic mass is 32.2. The number of sulfonamides is 1. The minimum atomic E-state index is -3.63. The molecule has 0 radical (unpaired) electrons. The van der Waals surface area contributed by atoms with Gasteiger partial charge in [0, 0.05) is 25.1 Å². The lowest BCUT2D eigenvalue weighted by Gasteiger charge is -2.12. The topological polar surface area (TPSA) is 87.6 Å². The lowest BCUT2D eigenvalue weighted by atomic mass is 10.0. The summed E-state index contributed by atoms with van der Waals surface area (Å²) in [7, 11) is -3.63. The van der Waals surface area contributed by atoms with Crippen LogP contribution in [0.2, 0.25) is 0 Å². The summed E-state index contributed by atoms with van der Waals surface area (Å²) in [6.45, 7) is 0.670. The number of carbonyl (C=O) groups is 1. The van der Waals surface area contributed by atoms with Gasteiger partial charge in [0.05, 0.1) is 4.90 Å². The number of hydrogen-bond acceptors (Lipinski definition) is 4. The number of hydrogen-bond donors (Lipinski definition) is 2. The number of rotatable bonds is 5. The maximum Gasteiger partial charge on any atom is 0.262 e. The molecule has 1 heterocycles. The van der Waals surface area contributed by atoms with E-state index >= 15 is 0 Å². The molecule has 6 nitrogen and oxygen atoms in total. The van der Waals surface area contributed by atoms with Crippen LogP contribution in [0.25, 0.3) is 0 Å². The number of amides is 1. The standard InChI is InChI=1S/C19H27N3O3S/c23-19(14-15-6-3-4-7-15)21-16-9-11-17(12-10-16)26(24,25)22-18-8-2-1-5-13-20-18/h9-12,15H,1-8,13-14H2,(H,20,22)(H,21,23). The van der Waals surface area contributed by atoms with Gasteiger partial charge in [-0.3, -0.25) is 14.5 Å². The van der Waals surface area contributed by atoms with E-state index in [0.717, 1.165) is 32.1 Å². The average molecular weight is 378 g/mol. The van der Waals surface area contributed by atoms with E-state index in [1.54, 1.807) is 12.1 Å². The highest BCUT2D eigenvalue weighted by molar-refractivity contribution is 7.90. The Morgan fingerprint density at radius 2 is 1.77 bits per heavy atom. The molecule has 1 aliphatic carbocycles. The van der Waals surface area contributed by atoms with Gasteiger partial charge in [-0.05, 0) is 55.9 Å². The first kappa shape index (κ1) is 18.9. The van der Waals surface area contributed by atoms with Gasteiger partial charge >= 0.3 is 0 Å². The zero-order valence-electron chi connectivity index (χ0n) is 15.0. The van der Waals surface area contributed by atoms with E-state index in [2.05, 4.69) is 15.0 Å². The summed E-state index contributed by atoms with van der Waals surface area (Å²) in [6.07, 6.45) is 8.90. The van der Waals surface area contributed by atoms with Crippen molar-refractivity contribution in [1.29, 1.82) is 0 Å². The number of aliphatic imine (C=N–C) groups is 1. The summed E-state index contributed by atoms with van der Waals surface area (Å²) in [5.74, 6) is 1.02. The van der Waals surface area contributed by atoms with Crippen molar-refractivity contribution in [3.8, 4) is 0 Å². The van der Waals surface area contributed by atoms with Gasteiger partial charge in [0.25, 0.3) is 10.0 Å². The van der Waals surface area contributed by atoms with Crippen molar-refractivity contribution in [3.63, 3.8) is 0 Å². The van der Waals surface area contributed by atoms with Crippen molar-refractivity contribution in [1.82, 2.24) is 4.72 Å². The molecule has 26 heavy (non-hydrogen) atoms. The molecule has 1 aromatic carbocycles. The average Bonchev–Trinajstić information content (AvgIpc) is 2.98. The van der Waals surface area contributed by atoms with Crippen molar-refractivity contribution in [2.75, 3.05) is 11.9 Å². The van der Waals surface area contributed by atoms with Crippen LogP contribution in [0.15, 0.2) is 34.2 Å². The molecular formula is C19H27N3O3S. The smallest absolute Gasteiger partial charge is 0.262 e. The van der Waals surface area contributed by atoms with Crippen LogP contribution >= 0.6 is 0 Å². The number of nitrogens with one attached hydrogen (secondary N) is 2. The van der Waals surface area contributed by atoms with Gasteiger partial charge in [0.1, 0.15) is 5.84 Å². The third kappa shape index (κ3) is 5.30. The minimum absolute atomic E-state index is 0.00144. The third-order valence-corrected chi connectivity index (χ3v) is 6.42. The molecule has 0 bridgehead atoms. The van der Waals surface area contributed by atoms with Crippen molar-refractivity contribution in [3.05, 3.63) is 24.3 Å².